The lowest BCUT2D eigenvalue weighted by molar-refractivity contribution is -0.148. The van der Waals surface area contributed by atoms with Crippen molar-refractivity contribution in [1.29, 1.82) is 0 Å². The van der Waals surface area contributed by atoms with Crippen LogP contribution in [-0.2, 0) is 20.7 Å². The summed E-state index contributed by atoms with van der Waals surface area (Å²) < 4.78 is 11.9. The third-order valence-corrected chi connectivity index (χ3v) is 5.79. The van der Waals surface area contributed by atoms with Gasteiger partial charge in [-0.1, -0.05) is 69.3 Å². The molecule has 4 aromatic carbocycles. The molecule has 0 N–H and O–H groups in total. The molecule has 26 heavy (non-hydrogen) atoms. The van der Waals surface area contributed by atoms with Crippen molar-refractivity contribution in [3.8, 4) is 0 Å². The average Bonchev–Trinajstić information content (AvgIpc) is 3.06. The molecule has 1 saturated heterocycles. The minimum Gasteiger partial charge on any atom is -0.344 e. The lowest BCUT2D eigenvalue weighted by atomic mass is 9.82. The van der Waals surface area contributed by atoms with Gasteiger partial charge in [0.2, 0.25) is 0 Å². The van der Waals surface area contributed by atoms with Crippen LogP contribution in [0.1, 0.15) is 38.8 Å². The molecule has 2 nitrogen and oxygen atoms in total. The first-order valence-electron chi connectivity index (χ1n) is 9.37. The number of hydrogen-bond donors (Lipinski definition) is 0. The quantitative estimate of drug-likeness (QED) is 0.388. The summed E-state index contributed by atoms with van der Waals surface area (Å²) in [5, 5.41) is 7.78. The monoisotopic (exact) mass is 344 g/mol. The SMILES string of the molecule is CC(C)(C)c1cc2ccc3ccc(C4(C)OCCO4)c4ccc(c1)c2c34. The molecule has 1 aliphatic rings. The van der Waals surface area contributed by atoms with Gasteiger partial charge in [-0.3, -0.25) is 0 Å². The molecule has 1 fully saturated rings. The second-order valence-electron chi connectivity index (χ2n) is 8.58. The Labute approximate surface area is 154 Å². The van der Waals surface area contributed by atoms with Crippen molar-refractivity contribution < 1.29 is 9.47 Å². The van der Waals surface area contributed by atoms with Gasteiger partial charge in [-0.25, -0.2) is 0 Å². The first-order valence-corrected chi connectivity index (χ1v) is 9.37. The zero-order chi connectivity index (χ0) is 18.1. The normalized spacial score (nSPS) is 17.7. The third-order valence-electron chi connectivity index (χ3n) is 5.79. The van der Waals surface area contributed by atoms with Crippen molar-refractivity contribution in [3.05, 3.63) is 59.7 Å². The Hall–Kier alpha value is -2.16. The summed E-state index contributed by atoms with van der Waals surface area (Å²) in [6.07, 6.45) is 0. The standard InChI is InChI=1S/C24H24O2/c1-23(2,3)18-13-16-6-5-15-8-10-20(24(4)25-11-12-26-24)19-9-7-17(14-18)21(16)22(15)19/h5-10,13-14H,11-12H2,1-4H3. The van der Waals surface area contributed by atoms with Crippen LogP contribution in [-0.4, -0.2) is 13.2 Å². The number of benzene rings is 4. The highest BCUT2D eigenvalue weighted by atomic mass is 16.7. The van der Waals surface area contributed by atoms with E-state index in [1.807, 2.05) is 6.92 Å². The van der Waals surface area contributed by atoms with Crippen LogP contribution in [0.5, 0.6) is 0 Å². The zero-order valence-electron chi connectivity index (χ0n) is 15.8. The fourth-order valence-electron chi connectivity index (χ4n) is 4.32. The van der Waals surface area contributed by atoms with Gasteiger partial charge in [0.1, 0.15) is 0 Å². The molecule has 0 bridgehead atoms. The Morgan fingerprint density at radius 2 is 1.35 bits per heavy atom. The Morgan fingerprint density at radius 1 is 0.769 bits per heavy atom. The Morgan fingerprint density at radius 3 is 2.00 bits per heavy atom. The van der Waals surface area contributed by atoms with E-state index in [0.717, 1.165) is 5.56 Å². The molecule has 5 rings (SSSR count). The van der Waals surface area contributed by atoms with Gasteiger partial charge in [0.05, 0.1) is 13.2 Å². The van der Waals surface area contributed by atoms with Gasteiger partial charge in [-0.05, 0) is 50.2 Å². The van der Waals surface area contributed by atoms with Crippen LogP contribution in [0, 0.1) is 0 Å². The molecule has 0 spiro atoms. The Kier molecular flexibility index (Phi) is 3.20. The van der Waals surface area contributed by atoms with E-state index in [-0.39, 0.29) is 5.41 Å². The summed E-state index contributed by atoms with van der Waals surface area (Å²) in [4.78, 5) is 0. The molecule has 1 aliphatic heterocycles. The molecule has 1 heterocycles. The fraction of sp³-hybridized carbons (Fsp3) is 0.333. The van der Waals surface area contributed by atoms with Gasteiger partial charge < -0.3 is 9.47 Å². The molecule has 4 aromatic rings. The van der Waals surface area contributed by atoms with Gasteiger partial charge in [0, 0.05) is 5.56 Å². The van der Waals surface area contributed by atoms with Crippen molar-refractivity contribution >= 4 is 32.3 Å². The highest BCUT2D eigenvalue weighted by Crippen LogP contribution is 2.42. The molecule has 0 amide bonds. The topological polar surface area (TPSA) is 18.5 Å². The molecule has 2 heteroatoms. The van der Waals surface area contributed by atoms with Crippen molar-refractivity contribution in [2.45, 2.75) is 38.9 Å². The molecule has 0 aromatic heterocycles. The molecular formula is C24H24O2. The van der Waals surface area contributed by atoms with Crippen LogP contribution in [0.4, 0.5) is 0 Å². The molecular weight excluding hydrogens is 320 g/mol. The van der Waals surface area contributed by atoms with Gasteiger partial charge >= 0.3 is 0 Å². The number of hydrogen-bond acceptors (Lipinski definition) is 2. The maximum Gasteiger partial charge on any atom is 0.192 e. The van der Waals surface area contributed by atoms with Crippen molar-refractivity contribution in [2.24, 2.45) is 0 Å². The molecule has 0 atom stereocenters. The summed E-state index contributed by atoms with van der Waals surface area (Å²) >= 11 is 0. The van der Waals surface area contributed by atoms with E-state index in [0.29, 0.717) is 13.2 Å². The predicted molar refractivity (Wildman–Crippen MR) is 108 cm³/mol. The second-order valence-corrected chi connectivity index (χ2v) is 8.58. The van der Waals surface area contributed by atoms with Crippen LogP contribution >= 0.6 is 0 Å². The van der Waals surface area contributed by atoms with Gasteiger partial charge in [0.15, 0.2) is 5.79 Å². The average molecular weight is 344 g/mol. The van der Waals surface area contributed by atoms with E-state index in [9.17, 15) is 0 Å². The van der Waals surface area contributed by atoms with Crippen molar-refractivity contribution in [1.82, 2.24) is 0 Å². The highest BCUT2D eigenvalue weighted by Gasteiger charge is 2.35. The van der Waals surface area contributed by atoms with E-state index >= 15 is 0 Å². The summed E-state index contributed by atoms with van der Waals surface area (Å²) in [6.45, 7) is 10.1. The zero-order valence-corrected chi connectivity index (χ0v) is 15.8. The number of ether oxygens (including phenoxy) is 2. The van der Waals surface area contributed by atoms with E-state index < -0.39 is 5.79 Å². The summed E-state index contributed by atoms with van der Waals surface area (Å²) in [5.74, 6) is -0.654. The minimum atomic E-state index is -0.654. The van der Waals surface area contributed by atoms with Crippen molar-refractivity contribution in [3.63, 3.8) is 0 Å². The minimum absolute atomic E-state index is 0.134. The largest absolute Gasteiger partial charge is 0.344 e. The van der Waals surface area contributed by atoms with Crippen molar-refractivity contribution in [2.75, 3.05) is 13.2 Å². The predicted octanol–water partition coefficient (Wildman–Crippen LogP) is 6.10. The van der Waals surface area contributed by atoms with Crippen LogP contribution in [0.15, 0.2) is 48.5 Å². The molecule has 132 valence electrons. The van der Waals surface area contributed by atoms with Crippen LogP contribution in [0.2, 0.25) is 0 Å². The van der Waals surface area contributed by atoms with Crippen LogP contribution in [0.25, 0.3) is 32.3 Å². The maximum atomic E-state index is 5.96. The van der Waals surface area contributed by atoms with E-state index in [2.05, 4.69) is 69.3 Å². The van der Waals surface area contributed by atoms with Gasteiger partial charge in [-0.15, -0.1) is 0 Å². The molecule has 0 unspecified atom stereocenters. The summed E-state index contributed by atoms with van der Waals surface area (Å²) in [5.41, 5.74) is 2.63. The Bertz CT molecular complexity index is 1110. The number of rotatable bonds is 1. The van der Waals surface area contributed by atoms with E-state index in [4.69, 9.17) is 9.47 Å². The van der Waals surface area contributed by atoms with Gasteiger partial charge in [-0.2, -0.15) is 0 Å². The maximum absolute atomic E-state index is 5.96. The van der Waals surface area contributed by atoms with Gasteiger partial charge in [0.25, 0.3) is 0 Å². The van der Waals surface area contributed by atoms with E-state index in [1.165, 1.54) is 37.9 Å². The smallest absolute Gasteiger partial charge is 0.192 e. The fourth-order valence-corrected chi connectivity index (χ4v) is 4.32. The molecule has 0 saturated carbocycles. The summed E-state index contributed by atoms with van der Waals surface area (Å²) in [6, 6.07) is 18.0. The van der Waals surface area contributed by atoms with Crippen LogP contribution in [0.3, 0.4) is 0 Å². The molecule has 0 aliphatic carbocycles. The molecule has 0 radical (unpaired) electrons. The lowest BCUT2D eigenvalue weighted by Gasteiger charge is -2.26. The first-order chi connectivity index (χ1) is 12.4. The summed E-state index contributed by atoms with van der Waals surface area (Å²) in [7, 11) is 0. The lowest BCUT2D eigenvalue weighted by Crippen LogP contribution is -2.22. The Balaban J connectivity index is 1.89. The van der Waals surface area contributed by atoms with Crippen LogP contribution < -0.4 is 0 Å². The second kappa shape index (κ2) is 5.18. The van der Waals surface area contributed by atoms with E-state index in [1.54, 1.807) is 0 Å². The first kappa shape index (κ1) is 16.0. The highest BCUT2D eigenvalue weighted by molar-refractivity contribution is 6.23. The third kappa shape index (κ3) is 2.19.